The zero-order valence-corrected chi connectivity index (χ0v) is 13.7. The molecule has 1 heterocycles. The Labute approximate surface area is 152 Å². The fourth-order valence-electron chi connectivity index (χ4n) is 3.05. The molecule has 0 unspecified atom stereocenters. The number of nitro groups is 1. The van der Waals surface area contributed by atoms with E-state index in [0.29, 0.717) is 10.6 Å². The summed E-state index contributed by atoms with van der Waals surface area (Å²) in [5, 5.41) is 26.1. The van der Waals surface area contributed by atoms with Crippen molar-refractivity contribution in [3.63, 3.8) is 0 Å². The highest BCUT2D eigenvalue weighted by molar-refractivity contribution is 6.26. The van der Waals surface area contributed by atoms with Gasteiger partial charge in [0.1, 0.15) is 5.75 Å². The van der Waals surface area contributed by atoms with E-state index in [-0.39, 0.29) is 33.3 Å². The number of hydrogen-bond donors (Lipinski definition) is 1. The first-order valence-corrected chi connectivity index (χ1v) is 7.90. The summed E-state index contributed by atoms with van der Waals surface area (Å²) in [7, 11) is 0. The van der Waals surface area contributed by atoms with E-state index in [1.807, 2.05) is 0 Å². The molecular formula is C19H11N3O5. The van der Waals surface area contributed by atoms with E-state index in [9.17, 15) is 24.8 Å². The molecule has 4 rings (SSSR count). The topological polar surface area (TPSA) is 113 Å². The molecule has 3 aromatic carbocycles. The van der Waals surface area contributed by atoms with E-state index >= 15 is 0 Å². The van der Waals surface area contributed by atoms with Crippen molar-refractivity contribution in [1.82, 2.24) is 5.01 Å². The second-order valence-electron chi connectivity index (χ2n) is 5.84. The summed E-state index contributed by atoms with van der Waals surface area (Å²) in [6, 6.07) is 13.4. The molecule has 0 bridgehead atoms. The molecule has 8 heteroatoms. The zero-order chi connectivity index (χ0) is 19.1. The van der Waals surface area contributed by atoms with Gasteiger partial charge in [-0.1, -0.05) is 18.2 Å². The monoisotopic (exact) mass is 361 g/mol. The number of phenolic OH excluding ortho intramolecular Hbond substituents is 1. The third kappa shape index (κ3) is 2.51. The van der Waals surface area contributed by atoms with Crippen LogP contribution in [0.4, 0.5) is 5.69 Å². The first-order valence-electron chi connectivity index (χ1n) is 7.90. The highest BCUT2D eigenvalue weighted by Gasteiger charge is 2.34. The highest BCUT2D eigenvalue weighted by atomic mass is 16.6. The molecule has 27 heavy (non-hydrogen) atoms. The number of imide groups is 1. The third-order valence-corrected chi connectivity index (χ3v) is 4.31. The summed E-state index contributed by atoms with van der Waals surface area (Å²) < 4.78 is 0. The maximum atomic E-state index is 12.8. The molecule has 132 valence electrons. The van der Waals surface area contributed by atoms with Gasteiger partial charge in [0, 0.05) is 17.0 Å². The van der Waals surface area contributed by atoms with Crippen molar-refractivity contribution in [3.05, 3.63) is 81.4 Å². The maximum absolute atomic E-state index is 12.8. The van der Waals surface area contributed by atoms with E-state index < -0.39 is 16.7 Å². The Hall–Kier alpha value is -4.07. The van der Waals surface area contributed by atoms with Crippen LogP contribution in [-0.2, 0) is 0 Å². The van der Waals surface area contributed by atoms with Gasteiger partial charge < -0.3 is 5.11 Å². The van der Waals surface area contributed by atoms with Gasteiger partial charge in [-0.25, -0.2) is 0 Å². The fourth-order valence-corrected chi connectivity index (χ4v) is 3.05. The maximum Gasteiger partial charge on any atom is 0.282 e. The molecule has 0 aliphatic carbocycles. The van der Waals surface area contributed by atoms with E-state index in [1.165, 1.54) is 42.6 Å². The molecule has 8 nitrogen and oxygen atoms in total. The summed E-state index contributed by atoms with van der Waals surface area (Å²) in [5.41, 5.74) is 0.466. The third-order valence-electron chi connectivity index (χ3n) is 4.31. The molecule has 2 amide bonds. The second-order valence-corrected chi connectivity index (χ2v) is 5.84. The summed E-state index contributed by atoms with van der Waals surface area (Å²) in [5.74, 6) is -1.42. The van der Waals surface area contributed by atoms with Crippen LogP contribution in [0.3, 0.4) is 0 Å². The van der Waals surface area contributed by atoms with Gasteiger partial charge in [0.25, 0.3) is 17.5 Å². The van der Waals surface area contributed by atoms with E-state index in [0.717, 1.165) is 0 Å². The van der Waals surface area contributed by atoms with Crippen LogP contribution in [0.5, 0.6) is 5.75 Å². The van der Waals surface area contributed by atoms with Gasteiger partial charge in [0.05, 0.1) is 27.7 Å². The summed E-state index contributed by atoms with van der Waals surface area (Å²) >= 11 is 0. The van der Waals surface area contributed by atoms with Gasteiger partial charge in [-0.2, -0.15) is 10.1 Å². The Kier molecular flexibility index (Phi) is 3.66. The zero-order valence-electron chi connectivity index (χ0n) is 13.7. The van der Waals surface area contributed by atoms with Crippen molar-refractivity contribution in [2.24, 2.45) is 5.10 Å². The van der Waals surface area contributed by atoms with Crippen molar-refractivity contribution in [3.8, 4) is 5.75 Å². The van der Waals surface area contributed by atoms with Crippen LogP contribution < -0.4 is 0 Å². The van der Waals surface area contributed by atoms with E-state index in [1.54, 1.807) is 18.2 Å². The molecule has 1 aliphatic heterocycles. The van der Waals surface area contributed by atoms with Crippen LogP contribution in [0.2, 0.25) is 0 Å². The first kappa shape index (κ1) is 16.4. The lowest BCUT2D eigenvalue weighted by Gasteiger charge is -2.23. The predicted molar refractivity (Wildman–Crippen MR) is 96.8 cm³/mol. The summed E-state index contributed by atoms with van der Waals surface area (Å²) in [4.78, 5) is 36.2. The van der Waals surface area contributed by atoms with Gasteiger partial charge in [0.2, 0.25) is 0 Å². The number of nitro benzene ring substituents is 1. The summed E-state index contributed by atoms with van der Waals surface area (Å²) in [6.45, 7) is 0. The average molecular weight is 361 g/mol. The van der Waals surface area contributed by atoms with Crippen LogP contribution in [0.25, 0.3) is 10.8 Å². The number of para-hydroxylation sites is 1. The second kappa shape index (κ2) is 6.03. The number of carbonyl (C=O) groups excluding carboxylic acids is 2. The predicted octanol–water partition coefficient (Wildman–Crippen LogP) is 3.08. The van der Waals surface area contributed by atoms with E-state index in [2.05, 4.69) is 5.10 Å². The molecule has 0 aromatic heterocycles. The van der Waals surface area contributed by atoms with Crippen LogP contribution in [0.1, 0.15) is 26.3 Å². The number of nitrogens with zero attached hydrogens (tertiary/aromatic N) is 3. The van der Waals surface area contributed by atoms with Crippen molar-refractivity contribution in [2.45, 2.75) is 0 Å². The number of benzene rings is 3. The SMILES string of the molecule is O=C1c2cccc3c([N+](=O)[O-])ccc(c23)C(=O)N1/N=C/c1ccccc1O. The van der Waals surface area contributed by atoms with Crippen LogP contribution in [0.15, 0.2) is 59.7 Å². The number of hydrogen-bond acceptors (Lipinski definition) is 6. The minimum absolute atomic E-state index is 0.0451. The lowest BCUT2D eigenvalue weighted by atomic mass is 9.94. The Morgan fingerprint density at radius 3 is 2.37 bits per heavy atom. The van der Waals surface area contributed by atoms with E-state index in [4.69, 9.17) is 0 Å². The lowest BCUT2D eigenvalue weighted by Crippen LogP contribution is -2.36. The summed E-state index contributed by atoms with van der Waals surface area (Å²) in [6.07, 6.45) is 1.21. The molecule has 0 saturated heterocycles. The number of carbonyl (C=O) groups is 2. The Morgan fingerprint density at radius 2 is 1.67 bits per heavy atom. The van der Waals surface area contributed by atoms with Crippen molar-refractivity contribution >= 4 is 34.5 Å². The number of non-ortho nitro benzene ring substituents is 1. The van der Waals surface area contributed by atoms with Crippen molar-refractivity contribution in [1.29, 1.82) is 0 Å². The van der Waals surface area contributed by atoms with Crippen LogP contribution in [-0.4, -0.2) is 33.1 Å². The standard InChI is InChI=1S/C19H11N3O5/c23-16-7-2-1-4-11(16)10-20-21-18(24)13-6-3-5-12-15(22(26)27)9-8-14(17(12)13)19(21)25/h1-10,23H/b20-10+. The number of rotatable bonds is 3. The molecule has 0 spiro atoms. The Balaban J connectivity index is 1.85. The molecule has 1 N–H and O–H groups in total. The number of phenols is 1. The van der Waals surface area contributed by atoms with Gasteiger partial charge in [-0.05, 0) is 30.3 Å². The smallest absolute Gasteiger partial charge is 0.282 e. The van der Waals surface area contributed by atoms with Gasteiger partial charge in [-0.15, -0.1) is 0 Å². The lowest BCUT2D eigenvalue weighted by molar-refractivity contribution is -0.383. The van der Waals surface area contributed by atoms with Crippen LogP contribution in [0, 0.1) is 10.1 Å². The minimum Gasteiger partial charge on any atom is -0.507 e. The molecule has 0 radical (unpaired) electrons. The molecule has 1 aliphatic rings. The van der Waals surface area contributed by atoms with Crippen molar-refractivity contribution in [2.75, 3.05) is 0 Å². The Bertz CT molecular complexity index is 1150. The quantitative estimate of drug-likeness (QED) is 0.333. The van der Waals surface area contributed by atoms with Crippen molar-refractivity contribution < 1.29 is 19.6 Å². The number of hydrazone groups is 1. The Morgan fingerprint density at radius 1 is 0.963 bits per heavy atom. The first-order chi connectivity index (χ1) is 13.0. The molecule has 0 atom stereocenters. The number of aromatic hydroxyl groups is 1. The van der Waals surface area contributed by atoms with Gasteiger partial charge in [0.15, 0.2) is 0 Å². The highest BCUT2D eigenvalue weighted by Crippen LogP contribution is 2.35. The van der Waals surface area contributed by atoms with Gasteiger partial charge in [-0.3, -0.25) is 19.7 Å². The van der Waals surface area contributed by atoms with Crippen LogP contribution >= 0.6 is 0 Å². The molecule has 0 fully saturated rings. The van der Waals surface area contributed by atoms with Gasteiger partial charge >= 0.3 is 0 Å². The largest absolute Gasteiger partial charge is 0.507 e. The minimum atomic E-state index is -0.690. The average Bonchev–Trinajstić information content (AvgIpc) is 2.66. The molecule has 0 saturated carbocycles. The molecule has 3 aromatic rings. The normalized spacial score (nSPS) is 13.6. The fraction of sp³-hybridized carbons (Fsp3) is 0. The molecular weight excluding hydrogens is 350 g/mol. The number of amides is 2.